The van der Waals surface area contributed by atoms with Gasteiger partial charge in [-0.2, -0.15) is 0 Å². The maximum absolute atomic E-state index is 12.9. The van der Waals surface area contributed by atoms with E-state index < -0.39 is 15.8 Å². The summed E-state index contributed by atoms with van der Waals surface area (Å²) in [6.45, 7) is 1.13. The molecule has 0 bridgehead atoms. The lowest BCUT2D eigenvalue weighted by molar-refractivity contribution is -0.120. The third kappa shape index (κ3) is 6.12. The molecule has 0 unspecified atom stereocenters. The zero-order valence-electron chi connectivity index (χ0n) is 14.4. The van der Waals surface area contributed by atoms with E-state index in [1.165, 1.54) is 12.1 Å². The lowest BCUT2D eigenvalue weighted by Gasteiger charge is -2.09. The monoisotopic (exact) mass is 380 g/mol. The number of sulfonamides is 1. The molecule has 0 heterocycles. The molecule has 0 radical (unpaired) electrons. The molecule has 0 fully saturated rings. The second-order valence-corrected chi connectivity index (χ2v) is 7.31. The van der Waals surface area contributed by atoms with Crippen molar-refractivity contribution in [2.75, 3.05) is 25.0 Å². The van der Waals surface area contributed by atoms with Crippen molar-refractivity contribution < 1.29 is 22.3 Å². The van der Waals surface area contributed by atoms with E-state index in [9.17, 15) is 17.6 Å². The first-order chi connectivity index (χ1) is 12.4. The van der Waals surface area contributed by atoms with Gasteiger partial charge in [-0.05, 0) is 48.4 Å². The van der Waals surface area contributed by atoms with Gasteiger partial charge in [-0.3, -0.25) is 9.52 Å². The van der Waals surface area contributed by atoms with Crippen LogP contribution in [0.1, 0.15) is 12.0 Å². The van der Waals surface area contributed by atoms with Crippen molar-refractivity contribution in [2.45, 2.75) is 17.7 Å². The lowest BCUT2D eigenvalue weighted by Crippen LogP contribution is -2.26. The number of amides is 1. The van der Waals surface area contributed by atoms with E-state index in [-0.39, 0.29) is 17.2 Å². The molecular formula is C18H21FN2O4S. The van der Waals surface area contributed by atoms with E-state index in [0.717, 1.165) is 24.1 Å². The van der Waals surface area contributed by atoms with Crippen LogP contribution in [0.5, 0.6) is 0 Å². The zero-order chi connectivity index (χ0) is 19.0. The molecule has 2 aromatic rings. The highest BCUT2D eigenvalue weighted by Crippen LogP contribution is 2.17. The van der Waals surface area contributed by atoms with Crippen LogP contribution in [0.15, 0.2) is 53.4 Å². The average Bonchev–Trinajstić information content (AvgIpc) is 2.61. The van der Waals surface area contributed by atoms with Crippen molar-refractivity contribution in [1.82, 2.24) is 5.32 Å². The number of anilines is 1. The summed E-state index contributed by atoms with van der Waals surface area (Å²) >= 11 is 0. The summed E-state index contributed by atoms with van der Waals surface area (Å²) in [6.07, 6.45) is 0.949. The number of methoxy groups -OCH3 is 1. The molecule has 6 nitrogen and oxygen atoms in total. The molecule has 140 valence electrons. The van der Waals surface area contributed by atoms with Gasteiger partial charge in [0, 0.05) is 25.9 Å². The third-order valence-electron chi connectivity index (χ3n) is 3.54. The third-order valence-corrected chi connectivity index (χ3v) is 4.94. The van der Waals surface area contributed by atoms with E-state index >= 15 is 0 Å². The van der Waals surface area contributed by atoms with Crippen LogP contribution in [0.3, 0.4) is 0 Å². The van der Waals surface area contributed by atoms with E-state index in [2.05, 4.69) is 10.0 Å². The zero-order valence-corrected chi connectivity index (χ0v) is 15.2. The van der Waals surface area contributed by atoms with Gasteiger partial charge in [0.15, 0.2) is 0 Å². The Kier molecular flexibility index (Phi) is 7.11. The number of hydrogen-bond donors (Lipinski definition) is 2. The standard InChI is InChI=1S/C18H21FN2O4S/c1-25-12-2-11-20-18(22)13-14-3-7-16(8-4-14)21-26(23,24)17-9-5-15(19)6-10-17/h3-10,21H,2,11-13H2,1H3,(H,20,22). The van der Waals surface area contributed by atoms with Gasteiger partial charge in [-0.25, -0.2) is 12.8 Å². The first-order valence-electron chi connectivity index (χ1n) is 8.04. The van der Waals surface area contributed by atoms with Crippen molar-refractivity contribution in [2.24, 2.45) is 0 Å². The highest BCUT2D eigenvalue weighted by molar-refractivity contribution is 7.92. The fraction of sp³-hybridized carbons (Fsp3) is 0.278. The summed E-state index contributed by atoms with van der Waals surface area (Å²) in [4.78, 5) is 11.8. The largest absolute Gasteiger partial charge is 0.385 e. The molecule has 0 saturated heterocycles. The number of hydrogen-bond acceptors (Lipinski definition) is 4. The molecule has 1 amide bonds. The predicted octanol–water partition coefficient (Wildman–Crippen LogP) is 2.32. The van der Waals surface area contributed by atoms with E-state index in [1.54, 1.807) is 31.4 Å². The molecule has 2 N–H and O–H groups in total. The molecule has 2 aromatic carbocycles. The topological polar surface area (TPSA) is 84.5 Å². The van der Waals surface area contributed by atoms with Gasteiger partial charge >= 0.3 is 0 Å². The van der Waals surface area contributed by atoms with Crippen LogP contribution in [0.25, 0.3) is 0 Å². The number of nitrogens with one attached hydrogen (secondary N) is 2. The normalized spacial score (nSPS) is 11.2. The number of rotatable bonds is 9. The lowest BCUT2D eigenvalue weighted by atomic mass is 10.1. The molecule has 26 heavy (non-hydrogen) atoms. The smallest absolute Gasteiger partial charge is 0.261 e. The molecule has 0 aliphatic heterocycles. The Bertz CT molecular complexity index is 821. The first-order valence-corrected chi connectivity index (χ1v) is 9.52. The van der Waals surface area contributed by atoms with Crippen molar-refractivity contribution >= 4 is 21.6 Å². The van der Waals surface area contributed by atoms with Crippen molar-refractivity contribution in [3.63, 3.8) is 0 Å². The van der Waals surface area contributed by atoms with Gasteiger partial charge < -0.3 is 10.1 Å². The fourth-order valence-electron chi connectivity index (χ4n) is 2.21. The van der Waals surface area contributed by atoms with Crippen molar-refractivity contribution in [3.05, 3.63) is 59.9 Å². The minimum Gasteiger partial charge on any atom is -0.385 e. The Labute approximate surface area is 152 Å². The van der Waals surface area contributed by atoms with E-state index in [4.69, 9.17) is 4.74 Å². The van der Waals surface area contributed by atoms with Crippen LogP contribution < -0.4 is 10.0 Å². The van der Waals surface area contributed by atoms with Crippen LogP contribution in [0.4, 0.5) is 10.1 Å². The molecule has 0 aromatic heterocycles. The van der Waals surface area contributed by atoms with Crippen LogP contribution in [-0.2, 0) is 26.0 Å². The number of carbonyl (C=O) groups is 1. The van der Waals surface area contributed by atoms with E-state index in [0.29, 0.717) is 18.8 Å². The SMILES string of the molecule is COCCCNC(=O)Cc1ccc(NS(=O)(=O)c2ccc(F)cc2)cc1. The number of ether oxygens (including phenoxy) is 1. The Morgan fingerprint density at radius 2 is 1.73 bits per heavy atom. The molecule has 2 rings (SSSR count). The molecular weight excluding hydrogens is 359 g/mol. The number of benzene rings is 2. The Hall–Kier alpha value is -2.45. The second kappa shape index (κ2) is 9.30. The minimum absolute atomic E-state index is 0.0292. The van der Waals surface area contributed by atoms with Crippen LogP contribution in [0, 0.1) is 5.82 Å². The highest BCUT2D eigenvalue weighted by atomic mass is 32.2. The molecule has 8 heteroatoms. The number of carbonyl (C=O) groups excluding carboxylic acids is 1. The average molecular weight is 380 g/mol. The van der Waals surface area contributed by atoms with Crippen LogP contribution in [0.2, 0.25) is 0 Å². The van der Waals surface area contributed by atoms with Crippen LogP contribution in [-0.4, -0.2) is 34.6 Å². The maximum atomic E-state index is 12.9. The fourth-order valence-corrected chi connectivity index (χ4v) is 3.27. The van der Waals surface area contributed by atoms with Crippen molar-refractivity contribution in [3.8, 4) is 0 Å². The molecule has 0 aliphatic rings. The molecule has 0 aliphatic carbocycles. The minimum atomic E-state index is -3.79. The van der Waals surface area contributed by atoms with Crippen LogP contribution >= 0.6 is 0 Å². The maximum Gasteiger partial charge on any atom is 0.261 e. The van der Waals surface area contributed by atoms with Gasteiger partial charge in [0.05, 0.1) is 11.3 Å². The van der Waals surface area contributed by atoms with Gasteiger partial charge in [-0.15, -0.1) is 0 Å². The Balaban J connectivity index is 1.92. The molecule has 0 spiro atoms. The van der Waals surface area contributed by atoms with Gasteiger partial charge in [0.25, 0.3) is 10.0 Å². The summed E-state index contributed by atoms with van der Waals surface area (Å²) in [6, 6.07) is 11.1. The second-order valence-electron chi connectivity index (χ2n) is 5.63. The van der Waals surface area contributed by atoms with Gasteiger partial charge in [0.2, 0.25) is 5.91 Å². The summed E-state index contributed by atoms with van der Waals surface area (Å²) in [7, 11) is -2.19. The number of halogens is 1. The first kappa shape index (κ1) is 19.9. The summed E-state index contributed by atoms with van der Waals surface area (Å²) in [5, 5.41) is 2.78. The van der Waals surface area contributed by atoms with E-state index in [1.807, 2.05) is 0 Å². The molecule has 0 saturated carbocycles. The summed E-state index contributed by atoms with van der Waals surface area (Å²) in [5.41, 5.74) is 1.12. The Morgan fingerprint density at radius 3 is 2.35 bits per heavy atom. The van der Waals surface area contributed by atoms with Crippen molar-refractivity contribution in [1.29, 1.82) is 0 Å². The Morgan fingerprint density at radius 1 is 1.08 bits per heavy atom. The predicted molar refractivity (Wildman–Crippen MR) is 96.9 cm³/mol. The van der Waals surface area contributed by atoms with Gasteiger partial charge in [0.1, 0.15) is 5.82 Å². The molecule has 0 atom stereocenters. The highest BCUT2D eigenvalue weighted by Gasteiger charge is 2.14. The quantitative estimate of drug-likeness (QED) is 0.654. The summed E-state index contributed by atoms with van der Waals surface area (Å²) < 4.78 is 44.7. The summed E-state index contributed by atoms with van der Waals surface area (Å²) in [5.74, 6) is -0.616. The van der Waals surface area contributed by atoms with Gasteiger partial charge in [-0.1, -0.05) is 12.1 Å².